The van der Waals surface area contributed by atoms with Crippen molar-refractivity contribution in [3.63, 3.8) is 0 Å². The van der Waals surface area contributed by atoms with Gasteiger partial charge in [0.2, 0.25) is 47.3 Å². The Hall–Kier alpha value is -5.11. The lowest BCUT2D eigenvalue weighted by Gasteiger charge is -2.41. The lowest BCUT2D eigenvalue weighted by atomic mass is 9.91. The van der Waals surface area contributed by atoms with Crippen molar-refractivity contribution >= 4 is 53.2 Å². The van der Waals surface area contributed by atoms with Crippen LogP contribution in [-0.2, 0) is 47.9 Å². The summed E-state index contributed by atoms with van der Waals surface area (Å²) in [4.78, 5) is 130. The lowest BCUT2D eigenvalue weighted by molar-refractivity contribution is -0.157. The molecule has 0 aromatic heterocycles. The van der Waals surface area contributed by atoms with E-state index in [0.717, 1.165) is 9.80 Å². The van der Waals surface area contributed by atoms with E-state index in [1.54, 1.807) is 40.8 Å². The fourth-order valence-electron chi connectivity index (χ4n) is 8.37. The summed E-state index contributed by atoms with van der Waals surface area (Å²) < 4.78 is 4.69. The molecule has 0 heterocycles. The summed E-state index contributed by atoms with van der Waals surface area (Å²) in [7, 11) is 9.99. The van der Waals surface area contributed by atoms with Crippen LogP contribution >= 0.6 is 0 Å². The van der Waals surface area contributed by atoms with E-state index >= 15 is 0 Å². The molecule has 408 valence electrons. The standard InChI is InChI=1S/C51H93N9O11/c1-21-23-24-33(11)43(62)42(46(65)55-36(22-2)48(67)56(15)28-40(61)71-20)60(19)51(70)41(32(9)10)59(18)50(69)39(27-31(7)8)58(17)49(68)38(26-30(5)6)57(16)47(66)35(13)54-44(63)34(12)53-45(64)37(52-14)25-29(3)4/h21,23,29-39,41-43,52,62H,22,24-28H2,1-20H3,(H,53,64)(H,54,63)(H,55,65)/t33-,34+,35-,36+,37+,38+,39+,41+,42+,43-/m1/s1. The molecule has 0 saturated heterocycles. The van der Waals surface area contributed by atoms with Crippen LogP contribution in [0.4, 0.5) is 0 Å². The number of hydrogen-bond donors (Lipinski definition) is 5. The van der Waals surface area contributed by atoms with Crippen LogP contribution in [-0.4, -0.2) is 193 Å². The first-order valence-corrected chi connectivity index (χ1v) is 25.1. The predicted molar refractivity (Wildman–Crippen MR) is 274 cm³/mol. The van der Waals surface area contributed by atoms with E-state index in [0.29, 0.717) is 12.8 Å². The third kappa shape index (κ3) is 20.1. The van der Waals surface area contributed by atoms with Gasteiger partial charge in [0.25, 0.3) is 0 Å². The molecule has 0 unspecified atom stereocenters. The van der Waals surface area contributed by atoms with Gasteiger partial charge in [-0.2, -0.15) is 0 Å². The molecule has 0 radical (unpaired) electrons. The summed E-state index contributed by atoms with van der Waals surface area (Å²) in [5.41, 5.74) is 0. The molecule has 0 spiro atoms. The normalized spacial score (nSPS) is 15.9. The maximum atomic E-state index is 14.9. The molecule has 0 bridgehead atoms. The molecule has 10 atom stereocenters. The SMILES string of the molecule is CC=CC[C@@H](C)[C@@H](O)[C@@H](C(=O)N[C@@H](CC)C(=O)N(C)CC(=O)OC)N(C)C(=O)[C@H](C(C)C)N(C)C(=O)[C@H](CC(C)C)N(C)C(=O)[C@H](CC(C)C)N(C)C(=O)[C@@H](C)NC(=O)[C@H](C)NC(=O)[C@H](CC(C)C)NC. The molecule has 8 amide bonds. The zero-order chi connectivity index (χ0) is 55.4. The minimum absolute atomic E-state index is 0.0909. The highest BCUT2D eigenvalue weighted by atomic mass is 16.5. The molecule has 0 fully saturated rings. The number of aliphatic hydroxyl groups is 1. The molecule has 0 aliphatic heterocycles. The Balaban J connectivity index is 6.96. The van der Waals surface area contributed by atoms with Gasteiger partial charge in [0.15, 0.2) is 0 Å². The van der Waals surface area contributed by atoms with Crippen LogP contribution in [0.25, 0.3) is 0 Å². The van der Waals surface area contributed by atoms with Crippen molar-refractivity contribution in [1.82, 2.24) is 45.8 Å². The fourth-order valence-corrected chi connectivity index (χ4v) is 8.37. The smallest absolute Gasteiger partial charge is 0.325 e. The van der Waals surface area contributed by atoms with Gasteiger partial charge < -0.3 is 55.6 Å². The van der Waals surface area contributed by atoms with Crippen LogP contribution in [0, 0.1) is 29.6 Å². The number of carbonyl (C=O) groups is 9. The second-order valence-electron chi connectivity index (χ2n) is 20.7. The van der Waals surface area contributed by atoms with E-state index in [-0.39, 0.29) is 49.5 Å². The molecule has 0 aliphatic rings. The Bertz CT molecular complexity index is 1810. The number of hydrogen-bond acceptors (Lipinski definition) is 12. The molecule has 0 saturated carbocycles. The monoisotopic (exact) mass is 1010 g/mol. The third-order valence-electron chi connectivity index (χ3n) is 12.8. The summed E-state index contributed by atoms with van der Waals surface area (Å²) >= 11 is 0. The van der Waals surface area contributed by atoms with Gasteiger partial charge in [-0.25, -0.2) is 0 Å². The Kier molecular flexibility index (Phi) is 29.1. The molecule has 20 nitrogen and oxygen atoms in total. The molecule has 0 aromatic rings. The van der Waals surface area contributed by atoms with Gasteiger partial charge in [-0.15, -0.1) is 0 Å². The van der Waals surface area contributed by atoms with Crippen molar-refractivity contribution in [2.75, 3.05) is 55.9 Å². The molecule has 5 N–H and O–H groups in total. The molecule has 0 aliphatic carbocycles. The van der Waals surface area contributed by atoms with Crippen molar-refractivity contribution in [2.45, 2.75) is 177 Å². The number of aliphatic hydroxyl groups excluding tert-OH is 1. The van der Waals surface area contributed by atoms with Gasteiger partial charge in [0.05, 0.1) is 19.3 Å². The number of allylic oxidation sites excluding steroid dienone is 2. The van der Waals surface area contributed by atoms with Gasteiger partial charge in [-0.05, 0) is 89.5 Å². The average Bonchev–Trinajstić information content (AvgIpc) is 3.30. The lowest BCUT2D eigenvalue weighted by Crippen LogP contribution is -2.63. The number of esters is 1. The van der Waals surface area contributed by atoms with Crippen molar-refractivity contribution in [1.29, 1.82) is 0 Å². The predicted octanol–water partition coefficient (Wildman–Crippen LogP) is 2.18. The first kappa shape index (κ1) is 65.9. The topological polar surface area (TPSA) is 247 Å². The first-order valence-electron chi connectivity index (χ1n) is 25.1. The highest BCUT2D eigenvalue weighted by Crippen LogP contribution is 2.24. The number of rotatable bonds is 30. The highest BCUT2D eigenvalue weighted by molar-refractivity contribution is 5.98. The average molecular weight is 1010 g/mol. The fraction of sp³-hybridized carbons (Fsp3) is 0.784. The summed E-state index contributed by atoms with van der Waals surface area (Å²) in [6, 6.07) is -8.63. The molecule has 20 heteroatoms. The zero-order valence-electron chi connectivity index (χ0n) is 46.7. The highest BCUT2D eigenvalue weighted by Gasteiger charge is 2.44. The van der Waals surface area contributed by atoms with Gasteiger partial charge in [0.1, 0.15) is 48.8 Å². The number of nitrogens with one attached hydrogen (secondary N) is 4. The van der Waals surface area contributed by atoms with Crippen molar-refractivity contribution in [3.8, 4) is 0 Å². The summed E-state index contributed by atoms with van der Waals surface area (Å²) in [6.45, 7) is 22.8. The number of nitrogens with zero attached hydrogens (tertiary/aromatic N) is 5. The van der Waals surface area contributed by atoms with Gasteiger partial charge in [0, 0.05) is 35.2 Å². The van der Waals surface area contributed by atoms with E-state index in [9.17, 15) is 48.3 Å². The second kappa shape index (κ2) is 31.4. The number of ether oxygens (including phenoxy) is 1. The van der Waals surface area contributed by atoms with Crippen LogP contribution in [0.2, 0.25) is 0 Å². The minimum Gasteiger partial charge on any atom is -0.468 e. The van der Waals surface area contributed by atoms with E-state index in [1.165, 1.54) is 70.9 Å². The van der Waals surface area contributed by atoms with Crippen LogP contribution < -0.4 is 21.3 Å². The van der Waals surface area contributed by atoms with Crippen molar-refractivity contribution in [3.05, 3.63) is 12.2 Å². The van der Waals surface area contributed by atoms with Crippen LogP contribution in [0.3, 0.4) is 0 Å². The Morgan fingerprint density at radius 2 is 1.03 bits per heavy atom. The van der Waals surface area contributed by atoms with E-state index in [1.807, 2.05) is 54.5 Å². The summed E-state index contributed by atoms with van der Waals surface area (Å²) in [5.74, 6) is -6.48. The van der Waals surface area contributed by atoms with Crippen molar-refractivity contribution < 1.29 is 53.0 Å². The van der Waals surface area contributed by atoms with E-state index in [4.69, 9.17) is 0 Å². The largest absolute Gasteiger partial charge is 0.468 e. The van der Waals surface area contributed by atoms with Crippen LogP contribution in [0.1, 0.15) is 122 Å². The van der Waals surface area contributed by atoms with E-state index < -0.39 is 114 Å². The van der Waals surface area contributed by atoms with Crippen LogP contribution in [0.5, 0.6) is 0 Å². The maximum absolute atomic E-state index is 14.9. The molecule has 0 rings (SSSR count). The summed E-state index contributed by atoms with van der Waals surface area (Å²) in [6.07, 6.45) is 3.59. The number of carbonyl (C=O) groups excluding carboxylic acids is 9. The number of likely N-dealkylation sites (N-methyl/N-ethyl adjacent to an activating group) is 6. The van der Waals surface area contributed by atoms with Gasteiger partial charge >= 0.3 is 5.97 Å². The number of methoxy groups -OCH3 is 1. The quantitative estimate of drug-likeness (QED) is 0.0514. The Morgan fingerprint density at radius 1 is 0.563 bits per heavy atom. The van der Waals surface area contributed by atoms with Gasteiger partial charge in [-0.3, -0.25) is 43.2 Å². The first-order chi connectivity index (χ1) is 32.9. The number of amides is 8. The van der Waals surface area contributed by atoms with Crippen LogP contribution in [0.15, 0.2) is 12.2 Å². The zero-order valence-corrected chi connectivity index (χ0v) is 46.7. The molecular weight excluding hydrogens is 915 g/mol. The molecular formula is C51H93N9O11. The van der Waals surface area contributed by atoms with Gasteiger partial charge in [-0.1, -0.05) is 81.4 Å². The maximum Gasteiger partial charge on any atom is 0.325 e. The third-order valence-corrected chi connectivity index (χ3v) is 12.8. The molecule has 71 heavy (non-hydrogen) atoms. The summed E-state index contributed by atoms with van der Waals surface area (Å²) in [5, 5.41) is 22.8. The Labute approximate surface area is 425 Å². The second-order valence-corrected chi connectivity index (χ2v) is 20.7. The van der Waals surface area contributed by atoms with Crippen molar-refractivity contribution in [2.24, 2.45) is 29.6 Å². The molecule has 0 aromatic carbocycles. The Morgan fingerprint density at radius 3 is 1.46 bits per heavy atom. The van der Waals surface area contributed by atoms with E-state index in [2.05, 4.69) is 26.0 Å². The minimum atomic E-state index is -1.53.